The molecule has 1 heterocycles. The third-order valence-electron chi connectivity index (χ3n) is 2.66. The van der Waals surface area contributed by atoms with Gasteiger partial charge in [-0.05, 0) is 13.3 Å². The lowest BCUT2D eigenvalue weighted by Crippen LogP contribution is -2.27. The van der Waals surface area contributed by atoms with Gasteiger partial charge in [-0.25, -0.2) is 0 Å². The minimum Gasteiger partial charge on any atom is -0.383 e. The molecular weight excluding hydrogens is 188 g/mol. The molecule has 1 fully saturated rings. The van der Waals surface area contributed by atoms with Crippen molar-refractivity contribution < 1.29 is 4.74 Å². The van der Waals surface area contributed by atoms with Crippen molar-refractivity contribution in [3.8, 4) is 0 Å². The molecule has 1 aliphatic rings. The molecular formula is C12H16N2O. The summed E-state index contributed by atoms with van der Waals surface area (Å²) in [7, 11) is 0. The van der Waals surface area contributed by atoms with Crippen LogP contribution in [-0.4, -0.2) is 24.6 Å². The second kappa shape index (κ2) is 4.03. The van der Waals surface area contributed by atoms with Crippen LogP contribution >= 0.6 is 0 Å². The van der Waals surface area contributed by atoms with Gasteiger partial charge in [-0.15, -0.1) is 0 Å². The van der Waals surface area contributed by atoms with Crippen molar-refractivity contribution in [3.63, 3.8) is 0 Å². The van der Waals surface area contributed by atoms with Gasteiger partial charge in [0.15, 0.2) is 0 Å². The van der Waals surface area contributed by atoms with E-state index >= 15 is 0 Å². The number of nitrogens with zero attached hydrogens (tertiary/aromatic N) is 1. The zero-order valence-electron chi connectivity index (χ0n) is 8.94. The highest BCUT2D eigenvalue weighted by atomic mass is 16.5. The summed E-state index contributed by atoms with van der Waals surface area (Å²) in [6.45, 7) is 3.53. The van der Waals surface area contributed by atoms with Crippen LogP contribution in [0.1, 0.15) is 18.9 Å². The fourth-order valence-electron chi connectivity index (χ4n) is 1.71. The van der Waals surface area contributed by atoms with Gasteiger partial charge in [0, 0.05) is 12.2 Å². The van der Waals surface area contributed by atoms with Gasteiger partial charge < -0.3 is 10.5 Å². The highest BCUT2D eigenvalue weighted by Gasteiger charge is 2.29. The van der Waals surface area contributed by atoms with Gasteiger partial charge in [-0.3, -0.25) is 4.99 Å². The predicted molar refractivity (Wildman–Crippen MR) is 61.0 cm³/mol. The minimum absolute atomic E-state index is 0.139. The first-order valence-electron chi connectivity index (χ1n) is 5.18. The summed E-state index contributed by atoms with van der Waals surface area (Å²) in [5.41, 5.74) is 6.79. The number of ether oxygens (including phenoxy) is 1. The SMILES string of the molecule is CC1(N=C(N)c2ccccc2)CCOC1. The summed E-state index contributed by atoms with van der Waals surface area (Å²) in [6, 6.07) is 9.84. The van der Waals surface area contributed by atoms with Crippen LogP contribution in [0.3, 0.4) is 0 Å². The molecule has 1 aromatic rings. The average Bonchev–Trinajstić information content (AvgIpc) is 2.66. The Hall–Kier alpha value is -1.35. The molecule has 0 aromatic heterocycles. The van der Waals surface area contributed by atoms with Crippen LogP contribution in [0.4, 0.5) is 0 Å². The van der Waals surface area contributed by atoms with E-state index in [1.165, 1.54) is 0 Å². The molecule has 0 aliphatic carbocycles. The number of nitrogens with two attached hydrogens (primary N) is 1. The largest absolute Gasteiger partial charge is 0.383 e. The molecule has 0 radical (unpaired) electrons. The van der Waals surface area contributed by atoms with Gasteiger partial charge in [-0.2, -0.15) is 0 Å². The van der Waals surface area contributed by atoms with E-state index in [0.717, 1.165) is 18.6 Å². The Kier molecular flexibility index (Phi) is 2.73. The van der Waals surface area contributed by atoms with Crippen molar-refractivity contribution in [2.24, 2.45) is 10.7 Å². The summed E-state index contributed by atoms with van der Waals surface area (Å²) in [5.74, 6) is 0.601. The van der Waals surface area contributed by atoms with Gasteiger partial charge in [0.05, 0.1) is 12.1 Å². The zero-order chi connectivity index (χ0) is 10.7. The maximum Gasteiger partial charge on any atom is 0.126 e. The molecule has 0 saturated carbocycles. The van der Waals surface area contributed by atoms with E-state index in [1.807, 2.05) is 30.3 Å². The van der Waals surface area contributed by atoms with Crippen LogP contribution in [0.2, 0.25) is 0 Å². The molecule has 1 unspecified atom stereocenters. The number of amidine groups is 1. The van der Waals surface area contributed by atoms with Crippen molar-refractivity contribution in [2.75, 3.05) is 13.2 Å². The molecule has 15 heavy (non-hydrogen) atoms. The van der Waals surface area contributed by atoms with E-state index in [2.05, 4.69) is 11.9 Å². The fraction of sp³-hybridized carbons (Fsp3) is 0.417. The molecule has 2 rings (SSSR count). The molecule has 0 bridgehead atoms. The van der Waals surface area contributed by atoms with Gasteiger partial charge in [0.1, 0.15) is 5.84 Å². The first kappa shape index (κ1) is 10.2. The van der Waals surface area contributed by atoms with E-state index < -0.39 is 0 Å². The molecule has 1 aromatic carbocycles. The van der Waals surface area contributed by atoms with Crippen molar-refractivity contribution in [1.29, 1.82) is 0 Å². The highest BCUT2D eigenvalue weighted by molar-refractivity contribution is 5.97. The Morgan fingerprint density at radius 1 is 1.40 bits per heavy atom. The minimum atomic E-state index is -0.139. The maximum absolute atomic E-state index is 5.95. The molecule has 3 heteroatoms. The van der Waals surface area contributed by atoms with E-state index in [9.17, 15) is 0 Å². The number of aliphatic imine (C=N–C) groups is 1. The van der Waals surface area contributed by atoms with Crippen LogP contribution in [0.15, 0.2) is 35.3 Å². The molecule has 2 N–H and O–H groups in total. The van der Waals surface area contributed by atoms with Crippen molar-refractivity contribution in [1.82, 2.24) is 0 Å². The lowest BCUT2D eigenvalue weighted by molar-refractivity contribution is 0.182. The topological polar surface area (TPSA) is 47.6 Å². The zero-order valence-corrected chi connectivity index (χ0v) is 8.94. The predicted octanol–water partition coefficient (Wildman–Crippen LogP) is 1.57. The summed E-state index contributed by atoms with van der Waals surface area (Å²) >= 11 is 0. The van der Waals surface area contributed by atoms with Gasteiger partial charge in [0.2, 0.25) is 0 Å². The lowest BCUT2D eigenvalue weighted by Gasteiger charge is -2.17. The standard InChI is InChI=1S/C12H16N2O/c1-12(7-8-15-9-12)14-11(13)10-5-3-2-4-6-10/h2-6H,7-9H2,1H3,(H2,13,14). The second-order valence-corrected chi connectivity index (χ2v) is 4.16. The Labute approximate surface area is 90.0 Å². The van der Waals surface area contributed by atoms with Crippen LogP contribution in [0.25, 0.3) is 0 Å². The third kappa shape index (κ3) is 2.36. The number of benzene rings is 1. The number of hydrogen-bond donors (Lipinski definition) is 1. The van der Waals surface area contributed by atoms with Crippen LogP contribution in [0, 0.1) is 0 Å². The first-order chi connectivity index (χ1) is 7.20. The summed E-state index contributed by atoms with van der Waals surface area (Å²) in [6.07, 6.45) is 0.945. The highest BCUT2D eigenvalue weighted by Crippen LogP contribution is 2.22. The molecule has 80 valence electrons. The van der Waals surface area contributed by atoms with Gasteiger partial charge in [0.25, 0.3) is 0 Å². The van der Waals surface area contributed by atoms with Crippen LogP contribution in [-0.2, 0) is 4.74 Å². The first-order valence-corrected chi connectivity index (χ1v) is 5.18. The monoisotopic (exact) mass is 204 g/mol. The van der Waals surface area contributed by atoms with Crippen molar-refractivity contribution >= 4 is 5.84 Å². The Morgan fingerprint density at radius 2 is 2.13 bits per heavy atom. The second-order valence-electron chi connectivity index (χ2n) is 4.16. The van der Waals surface area contributed by atoms with Gasteiger partial charge >= 0.3 is 0 Å². The lowest BCUT2D eigenvalue weighted by atomic mass is 10.0. The van der Waals surface area contributed by atoms with Crippen molar-refractivity contribution in [3.05, 3.63) is 35.9 Å². The summed E-state index contributed by atoms with van der Waals surface area (Å²) in [5, 5.41) is 0. The molecule has 0 spiro atoms. The summed E-state index contributed by atoms with van der Waals surface area (Å²) in [4.78, 5) is 4.55. The molecule has 0 amide bonds. The number of rotatable bonds is 2. The van der Waals surface area contributed by atoms with E-state index in [1.54, 1.807) is 0 Å². The van der Waals surface area contributed by atoms with E-state index in [-0.39, 0.29) is 5.54 Å². The van der Waals surface area contributed by atoms with Crippen LogP contribution < -0.4 is 5.73 Å². The normalized spacial score (nSPS) is 26.9. The third-order valence-corrected chi connectivity index (χ3v) is 2.66. The van der Waals surface area contributed by atoms with Crippen LogP contribution in [0.5, 0.6) is 0 Å². The Morgan fingerprint density at radius 3 is 2.73 bits per heavy atom. The van der Waals surface area contributed by atoms with Crippen molar-refractivity contribution in [2.45, 2.75) is 18.9 Å². The van der Waals surface area contributed by atoms with E-state index in [0.29, 0.717) is 12.4 Å². The maximum atomic E-state index is 5.95. The quantitative estimate of drug-likeness (QED) is 0.587. The average molecular weight is 204 g/mol. The Balaban J connectivity index is 2.20. The fourth-order valence-corrected chi connectivity index (χ4v) is 1.71. The van der Waals surface area contributed by atoms with E-state index in [4.69, 9.17) is 10.5 Å². The number of hydrogen-bond acceptors (Lipinski definition) is 2. The smallest absolute Gasteiger partial charge is 0.126 e. The Bertz CT molecular complexity index is 353. The molecule has 3 nitrogen and oxygen atoms in total. The molecule has 1 atom stereocenters. The molecule has 1 aliphatic heterocycles. The van der Waals surface area contributed by atoms with Gasteiger partial charge in [-0.1, -0.05) is 30.3 Å². The molecule has 1 saturated heterocycles. The summed E-state index contributed by atoms with van der Waals surface area (Å²) < 4.78 is 5.33.